The fourth-order valence-corrected chi connectivity index (χ4v) is 2.74. The molecule has 3 N–H and O–H groups in total. The summed E-state index contributed by atoms with van der Waals surface area (Å²) < 4.78 is 5.04. The van der Waals surface area contributed by atoms with Gasteiger partial charge in [-0.25, -0.2) is 9.78 Å². The maximum atomic E-state index is 11.9. The van der Waals surface area contributed by atoms with E-state index >= 15 is 0 Å². The van der Waals surface area contributed by atoms with E-state index in [1.165, 1.54) is 19.3 Å². The Kier molecular flexibility index (Phi) is 4.82. The third kappa shape index (κ3) is 3.62. The van der Waals surface area contributed by atoms with Crippen molar-refractivity contribution in [3.05, 3.63) is 17.8 Å². The number of nitrogen functional groups attached to an aromatic ring is 1. The molecule has 0 amide bonds. The van der Waals surface area contributed by atoms with Crippen LogP contribution in [0.2, 0.25) is 0 Å². The van der Waals surface area contributed by atoms with Crippen LogP contribution in [0.3, 0.4) is 0 Å². The molecule has 20 heavy (non-hydrogen) atoms. The van der Waals surface area contributed by atoms with Crippen molar-refractivity contribution in [3.8, 4) is 0 Å². The topological polar surface area (TPSA) is 77.2 Å². The van der Waals surface area contributed by atoms with Crippen molar-refractivity contribution in [2.45, 2.75) is 33.1 Å². The first kappa shape index (κ1) is 14.6. The Bertz CT molecular complexity index is 476. The predicted molar refractivity (Wildman–Crippen MR) is 79.6 cm³/mol. The summed E-state index contributed by atoms with van der Waals surface area (Å²) in [6.07, 6.45) is 5.31. The zero-order valence-electron chi connectivity index (χ0n) is 12.2. The highest BCUT2D eigenvalue weighted by atomic mass is 16.5. The average Bonchev–Trinajstić information content (AvgIpc) is 2.83. The van der Waals surface area contributed by atoms with E-state index in [9.17, 15) is 4.79 Å². The van der Waals surface area contributed by atoms with Crippen LogP contribution in [-0.4, -0.2) is 24.1 Å². The van der Waals surface area contributed by atoms with Gasteiger partial charge in [0.2, 0.25) is 0 Å². The molecule has 1 aliphatic rings. The van der Waals surface area contributed by atoms with E-state index in [1.54, 1.807) is 19.2 Å². The number of ether oxygens (including phenoxy) is 1. The Morgan fingerprint density at radius 2 is 2.35 bits per heavy atom. The maximum Gasteiger partial charge on any atom is 0.341 e. The summed E-state index contributed by atoms with van der Waals surface area (Å²) in [4.78, 5) is 16.1. The van der Waals surface area contributed by atoms with E-state index in [1.807, 2.05) is 0 Å². The molecule has 0 bridgehead atoms. The molecule has 1 aromatic heterocycles. The van der Waals surface area contributed by atoms with Crippen molar-refractivity contribution in [1.29, 1.82) is 0 Å². The van der Waals surface area contributed by atoms with Crippen LogP contribution in [0, 0.1) is 11.8 Å². The fourth-order valence-electron chi connectivity index (χ4n) is 2.74. The lowest BCUT2D eigenvalue weighted by Crippen LogP contribution is -2.16. The number of aromatic nitrogens is 1. The zero-order chi connectivity index (χ0) is 14.5. The zero-order valence-corrected chi connectivity index (χ0v) is 12.2. The number of pyridine rings is 1. The highest BCUT2D eigenvalue weighted by Crippen LogP contribution is 2.30. The minimum Gasteiger partial charge on any atom is -0.462 e. The van der Waals surface area contributed by atoms with Crippen LogP contribution in [0.15, 0.2) is 12.3 Å². The van der Waals surface area contributed by atoms with Crippen molar-refractivity contribution < 1.29 is 9.53 Å². The summed E-state index contributed by atoms with van der Waals surface area (Å²) in [7, 11) is 0. The van der Waals surface area contributed by atoms with Gasteiger partial charge in [0.1, 0.15) is 11.4 Å². The van der Waals surface area contributed by atoms with Crippen molar-refractivity contribution in [2.24, 2.45) is 11.8 Å². The molecule has 0 spiro atoms. The molecule has 0 aromatic carbocycles. The van der Waals surface area contributed by atoms with Gasteiger partial charge in [0.25, 0.3) is 0 Å². The molecule has 1 fully saturated rings. The van der Waals surface area contributed by atoms with Crippen molar-refractivity contribution in [3.63, 3.8) is 0 Å². The third-order valence-electron chi connectivity index (χ3n) is 3.77. The number of nitrogens with one attached hydrogen (secondary N) is 1. The number of nitrogens with zero attached hydrogens (tertiary/aromatic N) is 1. The minimum absolute atomic E-state index is 0.340. The first-order chi connectivity index (χ1) is 9.60. The summed E-state index contributed by atoms with van der Waals surface area (Å²) in [5.41, 5.74) is 6.58. The minimum atomic E-state index is -0.380. The third-order valence-corrected chi connectivity index (χ3v) is 3.77. The van der Waals surface area contributed by atoms with Gasteiger partial charge in [-0.1, -0.05) is 13.3 Å². The number of esters is 1. The molecule has 5 heteroatoms. The Balaban J connectivity index is 2.04. The molecule has 1 aromatic rings. The van der Waals surface area contributed by atoms with E-state index in [0.717, 1.165) is 12.5 Å². The van der Waals surface area contributed by atoms with Gasteiger partial charge in [0, 0.05) is 6.54 Å². The largest absolute Gasteiger partial charge is 0.462 e. The second-order valence-electron chi connectivity index (χ2n) is 5.55. The number of carbonyl (C=O) groups is 1. The standard InChI is InChI=1S/C15H23N3O2/c1-3-20-15(19)13-7-12(16)9-18-14(13)17-8-11-5-4-10(2)6-11/h7,9-11H,3-6,8,16H2,1-2H3,(H,17,18). The Morgan fingerprint density at radius 3 is 3.00 bits per heavy atom. The van der Waals surface area contributed by atoms with Crippen molar-refractivity contribution >= 4 is 17.5 Å². The number of rotatable bonds is 5. The number of hydrogen-bond acceptors (Lipinski definition) is 5. The van der Waals surface area contributed by atoms with Crippen LogP contribution in [-0.2, 0) is 4.74 Å². The predicted octanol–water partition coefficient (Wildman–Crippen LogP) is 2.69. The highest BCUT2D eigenvalue weighted by Gasteiger charge is 2.22. The van der Waals surface area contributed by atoms with E-state index in [4.69, 9.17) is 10.5 Å². The molecule has 110 valence electrons. The van der Waals surface area contributed by atoms with Gasteiger partial charge in [-0.2, -0.15) is 0 Å². The van der Waals surface area contributed by atoms with E-state index < -0.39 is 0 Å². The normalized spacial score (nSPS) is 21.7. The van der Waals surface area contributed by atoms with Crippen LogP contribution in [0.4, 0.5) is 11.5 Å². The SMILES string of the molecule is CCOC(=O)c1cc(N)cnc1NCC1CCC(C)C1. The van der Waals surface area contributed by atoms with Gasteiger partial charge in [-0.05, 0) is 37.7 Å². The first-order valence-electron chi connectivity index (χ1n) is 7.26. The number of hydrogen-bond donors (Lipinski definition) is 2. The van der Waals surface area contributed by atoms with E-state index in [2.05, 4.69) is 17.2 Å². The lowest BCUT2D eigenvalue weighted by atomic mass is 10.1. The molecule has 1 saturated carbocycles. The average molecular weight is 277 g/mol. The molecule has 5 nitrogen and oxygen atoms in total. The first-order valence-corrected chi connectivity index (χ1v) is 7.26. The number of carbonyl (C=O) groups excluding carboxylic acids is 1. The molecule has 0 radical (unpaired) electrons. The second kappa shape index (κ2) is 6.59. The highest BCUT2D eigenvalue weighted by molar-refractivity contribution is 5.95. The molecular formula is C15H23N3O2. The summed E-state index contributed by atoms with van der Waals surface area (Å²) in [6.45, 7) is 5.25. The van der Waals surface area contributed by atoms with E-state index in [-0.39, 0.29) is 5.97 Å². The van der Waals surface area contributed by atoms with Crippen LogP contribution in [0.25, 0.3) is 0 Å². The fraction of sp³-hybridized carbons (Fsp3) is 0.600. The van der Waals surface area contributed by atoms with Crippen molar-refractivity contribution in [1.82, 2.24) is 4.98 Å². The van der Waals surface area contributed by atoms with Crippen LogP contribution in [0.5, 0.6) is 0 Å². The van der Waals surface area contributed by atoms with Crippen molar-refractivity contribution in [2.75, 3.05) is 24.2 Å². The molecule has 2 unspecified atom stereocenters. The lowest BCUT2D eigenvalue weighted by Gasteiger charge is -2.14. The van der Waals surface area contributed by atoms with Gasteiger partial charge < -0.3 is 15.8 Å². The smallest absolute Gasteiger partial charge is 0.341 e. The van der Waals surface area contributed by atoms with Gasteiger partial charge in [0.15, 0.2) is 0 Å². The summed E-state index contributed by atoms with van der Waals surface area (Å²) in [6, 6.07) is 1.62. The molecule has 0 saturated heterocycles. The maximum absolute atomic E-state index is 11.9. The molecule has 1 aliphatic carbocycles. The monoisotopic (exact) mass is 277 g/mol. The Labute approximate surface area is 119 Å². The summed E-state index contributed by atoms with van der Waals surface area (Å²) in [5.74, 6) is 1.64. The Hall–Kier alpha value is -1.78. The summed E-state index contributed by atoms with van der Waals surface area (Å²) >= 11 is 0. The number of nitrogens with two attached hydrogens (primary N) is 1. The Morgan fingerprint density at radius 1 is 1.55 bits per heavy atom. The van der Waals surface area contributed by atoms with Gasteiger partial charge >= 0.3 is 5.97 Å². The van der Waals surface area contributed by atoms with Gasteiger partial charge in [0.05, 0.1) is 18.5 Å². The molecular weight excluding hydrogens is 254 g/mol. The lowest BCUT2D eigenvalue weighted by molar-refractivity contribution is 0.0527. The van der Waals surface area contributed by atoms with Gasteiger partial charge in [-0.15, -0.1) is 0 Å². The van der Waals surface area contributed by atoms with Crippen LogP contribution in [0.1, 0.15) is 43.5 Å². The van der Waals surface area contributed by atoms with Gasteiger partial charge in [-0.3, -0.25) is 0 Å². The molecule has 1 heterocycles. The van der Waals surface area contributed by atoms with Crippen LogP contribution < -0.4 is 11.1 Å². The quantitative estimate of drug-likeness (QED) is 0.809. The molecule has 2 rings (SSSR count). The molecule has 2 atom stereocenters. The molecule has 0 aliphatic heterocycles. The number of anilines is 2. The summed E-state index contributed by atoms with van der Waals surface area (Å²) in [5, 5.41) is 3.27. The second-order valence-corrected chi connectivity index (χ2v) is 5.55. The van der Waals surface area contributed by atoms with E-state index in [0.29, 0.717) is 29.6 Å². The van der Waals surface area contributed by atoms with Crippen LogP contribution >= 0.6 is 0 Å².